The minimum atomic E-state index is 0.673. The molecule has 1 heterocycles. The summed E-state index contributed by atoms with van der Waals surface area (Å²) in [6.45, 7) is 3.56. The Balaban J connectivity index is 1.89. The van der Waals surface area contributed by atoms with Gasteiger partial charge in [-0.05, 0) is 30.7 Å². The van der Waals surface area contributed by atoms with Crippen LogP contribution >= 0.6 is 22.9 Å². The van der Waals surface area contributed by atoms with E-state index in [1.54, 1.807) is 17.4 Å². The summed E-state index contributed by atoms with van der Waals surface area (Å²) in [7, 11) is 0. The first-order chi connectivity index (χ1) is 8.13. The molecule has 0 fully saturated rings. The van der Waals surface area contributed by atoms with Gasteiger partial charge in [-0.1, -0.05) is 11.6 Å². The minimum Gasteiger partial charge on any atom is -0.399 e. The van der Waals surface area contributed by atoms with Crippen molar-refractivity contribution >= 4 is 28.6 Å². The molecule has 1 aromatic heterocycles. The van der Waals surface area contributed by atoms with Gasteiger partial charge in [0.1, 0.15) is 5.01 Å². The summed E-state index contributed by atoms with van der Waals surface area (Å²) in [5.41, 5.74) is 7.50. The molecule has 0 saturated heterocycles. The second-order valence-corrected chi connectivity index (χ2v) is 5.62. The summed E-state index contributed by atoms with van der Waals surface area (Å²) in [6.07, 6.45) is 1.89. The van der Waals surface area contributed by atoms with E-state index in [0.717, 1.165) is 23.7 Å². The monoisotopic (exact) mass is 267 g/mol. The Kier molecular flexibility index (Phi) is 3.99. The van der Waals surface area contributed by atoms with Crippen molar-refractivity contribution in [3.8, 4) is 0 Å². The van der Waals surface area contributed by atoms with E-state index in [2.05, 4.69) is 17.2 Å². The van der Waals surface area contributed by atoms with E-state index in [-0.39, 0.29) is 0 Å². The number of nitrogens with two attached hydrogens (primary N) is 1. The Morgan fingerprint density at radius 1 is 1.35 bits per heavy atom. The third-order valence-electron chi connectivity index (χ3n) is 2.25. The number of nitrogens with one attached hydrogen (secondary N) is 1. The third kappa shape index (κ3) is 3.70. The Morgan fingerprint density at radius 2 is 2.18 bits per heavy atom. The third-order valence-corrected chi connectivity index (χ3v) is 3.39. The molecule has 2 aromatic rings. The number of thiazole rings is 1. The molecule has 0 amide bonds. The van der Waals surface area contributed by atoms with E-state index in [1.807, 2.05) is 18.3 Å². The van der Waals surface area contributed by atoms with Gasteiger partial charge in [-0.25, -0.2) is 4.98 Å². The molecule has 0 atom stereocenters. The van der Waals surface area contributed by atoms with Crippen LogP contribution in [-0.4, -0.2) is 4.98 Å². The SMILES string of the molecule is Cc1cnc(CNCc2cc(N)cc(Cl)c2)s1. The molecular weight excluding hydrogens is 254 g/mol. The molecular formula is C12H14ClN3S. The molecule has 0 aliphatic heterocycles. The van der Waals surface area contributed by atoms with Gasteiger partial charge in [-0.2, -0.15) is 0 Å². The number of benzene rings is 1. The molecule has 0 aliphatic rings. The number of aryl methyl sites for hydroxylation is 1. The zero-order valence-electron chi connectivity index (χ0n) is 9.53. The lowest BCUT2D eigenvalue weighted by Crippen LogP contribution is -2.12. The van der Waals surface area contributed by atoms with E-state index in [1.165, 1.54) is 4.88 Å². The van der Waals surface area contributed by atoms with Crippen molar-refractivity contribution in [1.29, 1.82) is 0 Å². The van der Waals surface area contributed by atoms with Gasteiger partial charge in [0.15, 0.2) is 0 Å². The fourth-order valence-corrected chi connectivity index (χ4v) is 2.60. The average Bonchev–Trinajstić information content (AvgIpc) is 2.63. The maximum Gasteiger partial charge on any atom is 0.107 e. The number of anilines is 1. The number of nitrogens with zero attached hydrogens (tertiary/aromatic N) is 1. The van der Waals surface area contributed by atoms with Gasteiger partial charge in [-0.15, -0.1) is 11.3 Å². The highest BCUT2D eigenvalue weighted by Gasteiger charge is 2.00. The number of hydrogen-bond acceptors (Lipinski definition) is 4. The highest BCUT2D eigenvalue weighted by Crippen LogP contribution is 2.17. The largest absolute Gasteiger partial charge is 0.399 e. The van der Waals surface area contributed by atoms with Gasteiger partial charge in [0.05, 0.1) is 0 Å². The molecule has 3 N–H and O–H groups in total. The summed E-state index contributed by atoms with van der Waals surface area (Å²) in [5.74, 6) is 0. The van der Waals surface area contributed by atoms with E-state index in [9.17, 15) is 0 Å². The van der Waals surface area contributed by atoms with Crippen LogP contribution < -0.4 is 11.1 Å². The fourth-order valence-electron chi connectivity index (χ4n) is 1.57. The maximum absolute atomic E-state index is 5.93. The Morgan fingerprint density at radius 3 is 2.82 bits per heavy atom. The van der Waals surface area contributed by atoms with Crippen molar-refractivity contribution in [2.75, 3.05) is 5.73 Å². The van der Waals surface area contributed by atoms with Gasteiger partial charge in [-0.3, -0.25) is 0 Å². The van der Waals surface area contributed by atoms with Gasteiger partial charge < -0.3 is 11.1 Å². The standard InChI is InChI=1S/C12H14ClN3S/c1-8-5-16-12(17-8)7-15-6-9-2-10(13)4-11(14)3-9/h2-5,15H,6-7,14H2,1H3. The molecule has 5 heteroatoms. The maximum atomic E-state index is 5.93. The molecule has 90 valence electrons. The predicted octanol–water partition coefficient (Wildman–Crippen LogP) is 2.98. The first kappa shape index (κ1) is 12.4. The molecule has 3 nitrogen and oxygen atoms in total. The highest BCUT2D eigenvalue weighted by atomic mass is 35.5. The lowest BCUT2D eigenvalue weighted by atomic mass is 10.2. The number of nitrogen functional groups attached to an aromatic ring is 1. The molecule has 0 spiro atoms. The van der Waals surface area contributed by atoms with Gasteiger partial charge >= 0.3 is 0 Å². The van der Waals surface area contributed by atoms with Gasteiger partial charge in [0.2, 0.25) is 0 Å². The zero-order valence-corrected chi connectivity index (χ0v) is 11.1. The molecule has 0 unspecified atom stereocenters. The minimum absolute atomic E-state index is 0.673. The molecule has 0 radical (unpaired) electrons. The van der Waals surface area contributed by atoms with Crippen LogP contribution in [0.4, 0.5) is 5.69 Å². The normalized spacial score (nSPS) is 10.7. The fraction of sp³-hybridized carbons (Fsp3) is 0.250. The van der Waals surface area contributed by atoms with Crippen LogP contribution in [0.15, 0.2) is 24.4 Å². The van der Waals surface area contributed by atoms with E-state index in [0.29, 0.717) is 10.7 Å². The van der Waals surface area contributed by atoms with Crippen molar-refractivity contribution in [3.05, 3.63) is 44.9 Å². The lowest BCUT2D eigenvalue weighted by Gasteiger charge is -2.05. The first-order valence-corrected chi connectivity index (χ1v) is 6.50. The second kappa shape index (κ2) is 5.49. The zero-order chi connectivity index (χ0) is 12.3. The average molecular weight is 268 g/mol. The molecule has 1 aromatic carbocycles. The highest BCUT2D eigenvalue weighted by molar-refractivity contribution is 7.11. The lowest BCUT2D eigenvalue weighted by molar-refractivity contribution is 0.690. The molecule has 0 aliphatic carbocycles. The quantitative estimate of drug-likeness (QED) is 0.838. The van der Waals surface area contributed by atoms with Crippen molar-refractivity contribution < 1.29 is 0 Å². The summed E-state index contributed by atoms with van der Waals surface area (Å²) >= 11 is 7.64. The molecule has 2 rings (SSSR count). The molecule has 0 saturated carbocycles. The van der Waals surface area contributed by atoms with Crippen LogP contribution in [0, 0.1) is 6.92 Å². The summed E-state index contributed by atoms with van der Waals surface area (Å²) < 4.78 is 0. The number of rotatable bonds is 4. The van der Waals surface area contributed by atoms with Gasteiger partial charge in [0, 0.05) is 34.9 Å². The van der Waals surface area contributed by atoms with E-state index < -0.39 is 0 Å². The van der Waals surface area contributed by atoms with Crippen molar-refractivity contribution in [3.63, 3.8) is 0 Å². The Hall–Kier alpha value is -1.10. The van der Waals surface area contributed by atoms with E-state index in [4.69, 9.17) is 17.3 Å². The number of hydrogen-bond donors (Lipinski definition) is 2. The van der Waals surface area contributed by atoms with Crippen LogP contribution in [0.1, 0.15) is 15.4 Å². The number of halogens is 1. The van der Waals surface area contributed by atoms with Crippen molar-refractivity contribution in [1.82, 2.24) is 10.3 Å². The topological polar surface area (TPSA) is 50.9 Å². The predicted molar refractivity (Wildman–Crippen MR) is 73.3 cm³/mol. The van der Waals surface area contributed by atoms with Crippen LogP contribution in [0.25, 0.3) is 0 Å². The van der Waals surface area contributed by atoms with Gasteiger partial charge in [0.25, 0.3) is 0 Å². The van der Waals surface area contributed by atoms with Crippen molar-refractivity contribution in [2.24, 2.45) is 0 Å². The molecule has 17 heavy (non-hydrogen) atoms. The summed E-state index contributed by atoms with van der Waals surface area (Å²) in [4.78, 5) is 5.52. The van der Waals surface area contributed by atoms with E-state index >= 15 is 0 Å². The van der Waals surface area contributed by atoms with Crippen LogP contribution in [0.2, 0.25) is 5.02 Å². The van der Waals surface area contributed by atoms with Crippen LogP contribution in [-0.2, 0) is 13.1 Å². The Labute approximate surface area is 110 Å². The summed E-state index contributed by atoms with van der Waals surface area (Å²) in [5, 5.41) is 5.09. The molecule has 0 bridgehead atoms. The first-order valence-electron chi connectivity index (χ1n) is 5.30. The van der Waals surface area contributed by atoms with Crippen LogP contribution in [0.5, 0.6) is 0 Å². The number of aromatic nitrogens is 1. The second-order valence-electron chi connectivity index (χ2n) is 3.86. The summed E-state index contributed by atoms with van der Waals surface area (Å²) in [6, 6.07) is 5.58. The van der Waals surface area contributed by atoms with Crippen LogP contribution in [0.3, 0.4) is 0 Å². The smallest absolute Gasteiger partial charge is 0.107 e. The van der Waals surface area contributed by atoms with Crippen molar-refractivity contribution in [2.45, 2.75) is 20.0 Å². The Bertz CT molecular complexity index is 490.